The second-order valence-corrected chi connectivity index (χ2v) is 14.3. The van der Waals surface area contributed by atoms with Crippen LogP contribution >= 0.6 is 7.60 Å². The molecule has 0 radical (unpaired) electrons. The molecule has 0 saturated carbocycles. The lowest BCUT2D eigenvalue weighted by atomic mass is 10.1. The molecule has 2 atom stereocenters. The van der Waals surface area contributed by atoms with E-state index >= 15 is 0 Å². The summed E-state index contributed by atoms with van der Waals surface area (Å²) in [4.78, 5) is 0. The quantitative estimate of drug-likeness (QED) is 0.394. The van der Waals surface area contributed by atoms with Gasteiger partial charge in [0.05, 0.1) is 19.3 Å². The van der Waals surface area contributed by atoms with Crippen molar-refractivity contribution >= 4 is 15.9 Å². The molecule has 0 rings (SSSR count). The van der Waals surface area contributed by atoms with Crippen LogP contribution in [0.3, 0.4) is 0 Å². The number of nitrogens with zero attached hydrogens (tertiary/aromatic N) is 1. The largest absolute Gasteiger partial charge is 0.417 e. The van der Waals surface area contributed by atoms with Crippen molar-refractivity contribution in [2.24, 2.45) is 5.92 Å². The van der Waals surface area contributed by atoms with Gasteiger partial charge in [0, 0.05) is 6.61 Å². The summed E-state index contributed by atoms with van der Waals surface area (Å²) in [7, 11) is -5.21. The smallest absolute Gasteiger partial charge is 0.347 e. The van der Waals surface area contributed by atoms with Crippen molar-refractivity contribution in [2.45, 2.75) is 71.8 Å². The van der Waals surface area contributed by atoms with Crippen LogP contribution in [0.5, 0.6) is 0 Å². The zero-order valence-electron chi connectivity index (χ0n) is 16.0. The van der Waals surface area contributed by atoms with Gasteiger partial charge in [-0.2, -0.15) is 5.26 Å². The molecule has 2 unspecified atom stereocenters. The first-order valence-corrected chi connectivity index (χ1v) is 12.9. The van der Waals surface area contributed by atoms with Gasteiger partial charge in [0.15, 0.2) is 14.0 Å². The Balaban J connectivity index is 4.83. The minimum Gasteiger partial charge on any atom is -0.417 e. The van der Waals surface area contributed by atoms with E-state index in [1.54, 1.807) is 13.8 Å². The highest BCUT2D eigenvalue weighted by Crippen LogP contribution is 2.55. The minimum atomic E-state index is -3.40. The SMILES string of the molecule is CCOP(=O)(OCC)C(C#N)C(C)CCO[Si](C)(C)C(C)(C)C. The van der Waals surface area contributed by atoms with E-state index < -0.39 is 21.6 Å². The van der Waals surface area contributed by atoms with Crippen LogP contribution in [-0.2, 0) is 18.0 Å². The van der Waals surface area contributed by atoms with Crippen LogP contribution < -0.4 is 0 Å². The molecule has 0 amide bonds. The standard InChI is InChI=1S/C16H34NO4PSi/c1-9-19-22(18,20-10-2)15(13-17)14(3)11-12-21-23(7,8)16(4,5)6/h14-15H,9-12H2,1-8H3. The molecular weight excluding hydrogens is 329 g/mol. The third-order valence-corrected chi connectivity index (χ3v) is 11.6. The number of hydrogen-bond acceptors (Lipinski definition) is 5. The first kappa shape index (κ1) is 22.8. The van der Waals surface area contributed by atoms with Crippen molar-refractivity contribution in [1.82, 2.24) is 0 Å². The van der Waals surface area contributed by atoms with Crippen molar-refractivity contribution < 1.29 is 18.0 Å². The van der Waals surface area contributed by atoms with Crippen LogP contribution in [0, 0.1) is 17.2 Å². The van der Waals surface area contributed by atoms with Crippen LogP contribution in [0.1, 0.15) is 48.0 Å². The summed E-state index contributed by atoms with van der Waals surface area (Å²) in [5, 5.41) is 9.61. The minimum absolute atomic E-state index is 0.117. The average Bonchev–Trinajstić information content (AvgIpc) is 2.38. The molecule has 0 aliphatic heterocycles. The highest BCUT2D eigenvalue weighted by atomic mass is 31.2. The monoisotopic (exact) mass is 363 g/mol. The van der Waals surface area contributed by atoms with Gasteiger partial charge in [-0.05, 0) is 44.3 Å². The van der Waals surface area contributed by atoms with Gasteiger partial charge in [0.1, 0.15) is 0 Å². The van der Waals surface area contributed by atoms with E-state index in [2.05, 4.69) is 39.9 Å². The van der Waals surface area contributed by atoms with Crippen molar-refractivity contribution in [3.63, 3.8) is 0 Å². The molecular formula is C16H34NO4PSi. The van der Waals surface area contributed by atoms with E-state index in [0.717, 1.165) is 0 Å². The first-order chi connectivity index (χ1) is 10.4. The molecule has 0 aromatic heterocycles. The third kappa shape index (κ3) is 6.68. The summed E-state index contributed by atoms with van der Waals surface area (Å²) in [6.07, 6.45) is 0.662. The lowest BCUT2D eigenvalue weighted by molar-refractivity contribution is 0.204. The van der Waals surface area contributed by atoms with Gasteiger partial charge < -0.3 is 13.5 Å². The van der Waals surface area contributed by atoms with Crippen molar-refractivity contribution in [2.75, 3.05) is 19.8 Å². The Morgan fingerprint density at radius 2 is 1.65 bits per heavy atom. The Morgan fingerprint density at radius 3 is 2.00 bits per heavy atom. The summed E-state index contributed by atoms with van der Waals surface area (Å²) in [5.74, 6) is -0.117. The molecule has 23 heavy (non-hydrogen) atoms. The molecule has 0 heterocycles. The number of hydrogen-bond donors (Lipinski definition) is 0. The number of nitriles is 1. The van der Waals surface area contributed by atoms with Crippen LogP contribution in [0.4, 0.5) is 0 Å². The van der Waals surface area contributed by atoms with E-state index in [0.29, 0.717) is 13.0 Å². The maximum absolute atomic E-state index is 12.8. The van der Waals surface area contributed by atoms with E-state index in [4.69, 9.17) is 13.5 Å². The second-order valence-electron chi connectivity index (χ2n) is 7.32. The fraction of sp³-hybridized carbons (Fsp3) is 0.938. The molecule has 0 aliphatic rings. The molecule has 0 aromatic carbocycles. The highest BCUT2D eigenvalue weighted by Gasteiger charge is 2.40. The third-order valence-electron chi connectivity index (χ3n) is 4.47. The van der Waals surface area contributed by atoms with E-state index in [1.165, 1.54) is 0 Å². The summed E-state index contributed by atoms with van der Waals surface area (Å²) in [6, 6.07) is 2.13. The van der Waals surface area contributed by atoms with E-state index in [1.807, 2.05) is 6.92 Å². The average molecular weight is 364 g/mol. The molecule has 0 N–H and O–H groups in total. The molecule has 0 fully saturated rings. The van der Waals surface area contributed by atoms with Crippen LogP contribution in [0.25, 0.3) is 0 Å². The zero-order chi connectivity index (χ0) is 18.3. The summed E-state index contributed by atoms with van der Waals surface area (Å²) >= 11 is 0. The van der Waals surface area contributed by atoms with Gasteiger partial charge in [-0.3, -0.25) is 4.57 Å². The molecule has 136 valence electrons. The fourth-order valence-electron chi connectivity index (χ4n) is 1.94. The lowest BCUT2D eigenvalue weighted by Crippen LogP contribution is -2.41. The molecule has 0 spiro atoms. The highest BCUT2D eigenvalue weighted by molar-refractivity contribution is 7.55. The van der Waals surface area contributed by atoms with Gasteiger partial charge in [0.2, 0.25) is 0 Å². The van der Waals surface area contributed by atoms with Crippen molar-refractivity contribution in [1.29, 1.82) is 5.26 Å². The topological polar surface area (TPSA) is 68.5 Å². The van der Waals surface area contributed by atoms with Gasteiger partial charge in [-0.1, -0.05) is 27.7 Å². The van der Waals surface area contributed by atoms with Gasteiger partial charge in [0.25, 0.3) is 0 Å². The Labute approximate surface area is 143 Å². The predicted molar refractivity (Wildman–Crippen MR) is 97.2 cm³/mol. The van der Waals surface area contributed by atoms with Crippen LogP contribution in [0.15, 0.2) is 0 Å². The van der Waals surface area contributed by atoms with Crippen LogP contribution in [0.2, 0.25) is 18.1 Å². The van der Waals surface area contributed by atoms with E-state index in [9.17, 15) is 9.83 Å². The van der Waals surface area contributed by atoms with Gasteiger partial charge in [-0.15, -0.1) is 0 Å². The zero-order valence-corrected chi connectivity index (χ0v) is 17.9. The Kier molecular flexibility index (Phi) is 9.26. The second kappa shape index (κ2) is 9.34. The Bertz CT molecular complexity index is 432. The molecule has 0 bridgehead atoms. The lowest BCUT2D eigenvalue weighted by Gasteiger charge is -2.36. The Hall–Kier alpha value is -0.183. The maximum atomic E-state index is 12.8. The number of rotatable bonds is 10. The first-order valence-electron chi connectivity index (χ1n) is 8.37. The molecule has 5 nitrogen and oxygen atoms in total. The molecule has 0 saturated heterocycles. The summed E-state index contributed by atoms with van der Waals surface area (Å²) in [6.45, 7) is 17.5. The van der Waals surface area contributed by atoms with Crippen molar-refractivity contribution in [3.8, 4) is 6.07 Å². The normalized spacial score (nSPS) is 16.0. The molecule has 7 heteroatoms. The van der Waals surface area contributed by atoms with E-state index in [-0.39, 0.29) is 24.2 Å². The molecule has 0 aromatic rings. The fourth-order valence-corrected chi connectivity index (χ4v) is 5.03. The molecule has 0 aliphatic carbocycles. The Morgan fingerprint density at radius 1 is 1.17 bits per heavy atom. The van der Waals surface area contributed by atoms with Gasteiger partial charge >= 0.3 is 7.60 Å². The van der Waals surface area contributed by atoms with Crippen molar-refractivity contribution in [3.05, 3.63) is 0 Å². The van der Waals surface area contributed by atoms with Crippen LogP contribution in [-0.4, -0.2) is 33.8 Å². The summed E-state index contributed by atoms with van der Waals surface area (Å²) in [5.41, 5.74) is -0.759. The summed E-state index contributed by atoms with van der Waals surface area (Å²) < 4.78 is 29.6. The predicted octanol–water partition coefficient (Wildman–Crippen LogP) is 5.19. The van der Waals surface area contributed by atoms with Gasteiger partial charge in [-0.25, -0.2) is 0 Å². The maximum Gasteiger partial charge on any atom is 0.347 e.